The second-order valence-electron chi connectivity index (χ2n) is 10.4. The molecule has 2 aromatic heterocycles. The van der Waals surface area contributed by atoms with E-state index in [0.29, 0.717) is 48.8 Å². The molecule has 218 valence electrons. The molecule has 5 rings (SSSR count). The lowest BCUT2D eigenvalue weighted by Gasteiger charge is -2.23. The lowest BCUT2D eigenvalue weighted by Crippen LogP contribution is -2.15. The highest BCUT2D eigenvalue weighted by molar-refractivity contribution is 5.92. The maximum atomic E-state index is 15.0. The Labute approximate surface area is 244 Å². The van der Waals surface area contributed by atoms with E-state index in [4.69, 9.17) is 19.6 Å². The fourth-order valence-corrected chi connectivity index (χ4v) is 5.16. The summed E-state index contributed by atoms with van der Waals surface area (Å²) in [5, 5.41) is 9.04. The average molecular weight is 572 g/mol. The molecule has 0 amide bonds. The predicted molar refractivity (Wildman–Crippen MR) is 163 cm³/mol. The highest BCUT2D eigenvalue weighted by Crippen LogP contribution is 2.34. The summed E-state index contributed by atoms with van der Waals surface area (Å²) >= 11 is 0. The minimum atomic E-state index is -0.681. The van der Waals surface area contributed by atoms with Crippen molar-refractivity contribution in [2.45, 2.75) is 46.1 Å². The molecule has 42 heavy (non-hydrogen) atoms. The van der Waals surface area contributed by atoms with Crippen LogP contribution in [0.4, 0.5) is 14.6 Å². The molecule has 0 atom stereocenters. The molecule has 2 aromatic carbocycles. The van der Waals surface area contributed by atoms with Gasteiger partial charge >= 0.3 is 0 Å². The molecule has 1 saturated heterocycles. The molecular weight excluding hydrogens is 536 g/mol. The minimum absolute atomic E-state index is 0.0865. The Balaban J connectivity index is 1.61. The third-order valence-corrected chi connectivity index (χ3v) is 7.05. The summed E-state index contributed by atoms with van der Waals surface area (Å²) in [6.07, 6.45) is 5.26. The van der Waals surface area contributed by atoms with Crippen LogP contribution >= 0.6 is 0 Å². The van der Waals surface area contributed by atoms with Crippen LogP contribution in [0.3, 0.4) is 0 Å². The first-order valence-corrected chi connectivity index (χ1v) is 14.1. The van der Waals surface area contributed by atoms with Gasteiger partial charge in [0.25, 0.3) is 0 Å². The number of rotatable bonds is 10. The smallest absolute Gasteiger partial charge is 0.134 e. The molecule has 4 aromatic rings. The highest BCUT2D eigenvalue weighted by Gasteiger charge is 2.22. The number of nitrogens with one attached hydrogen (secondary N) is 1. The summed E-state index contributed by atoms with van der Waals surface area (Å²) in [5.74, 6) is 0.324. The maximum absolute atomic E-state index is 15.0. The number of ether oxygens (including phenoxy) is 2. The predicted octanol–water partition coefficient (Wildman–Crippen LogP) is 7.64. The van der Waals surface area contributed by atoms with Crippen molar-refractivity contribution in [2.75, 3.05) is 25.1 Å². The number of halogens is 2. The number of pyridine rings is 1. The Kier molecular flexibility index (Phi) is 9.07. The SMILES string of the molecule is C=C/C=C(\N=C(C)C)Nc1cc(C2CCOCC2)cc(-c2nn(Cc3c(F)cc(OCC)cc3F)c3ccccc23)n1. The average Bonchev–Trinajstić information content (AvgIpc) is 3.34. The lowest BCUT2D eigenvalue weighted by atomic mass is 9.91. The van der Waals surface area contributed by atoms with Crippen LogP contribution in [0.2, 0.25) is 0 Å². The number of para-hydroxylation sites is 1. The number of benzene rings is 2. The van der Waals surface area contributed by atoms with E-state index in [-0.39, 0.29) is 17.9 Å². The number of hydrogen-bond acceptors (Lipinski definition) is 6. The van der Waals surface area contributed by atoms with E-state index >= 15 is 8.78 Å². The van der Waals surface area contributed by atoms with Crippen molar-refractivity contribution in [3.8, 4) is 17.1 Å². The Bertz CT molecular complexity index is 1630. The second kappa shape index (κ2) is 13.1. The van der Waals surface area contributed by atoms with Crippen LogP contribution in [0.25, 0.3) is 22.3 Å². The summed E-state index contributed by atoms with van der Waals surface area (Å²) < 4.78 is 42.6. The summed E-state index contributed by atoms with van der Waals surface area (Å²) in [4.78, 5) is 9.52. The van der Waals surface area contributed by atoms with Gasteiger partial charge in [-0.05, 0) is 69.4 Å². The summed E-state index contributed by atoms with van der Waals surface area (Å²) in [6.45, 7) is 11.0. The zero-order valence-electron chi connectivity index (χ0n) is 24.2. The maximum Gasteiger partial charge on any atom is 0.134 e. The van der Waals surface area contributed by atoms with E-state index in [1.807, 2.05) is 44.2 Å². The van der Waals surface area contributed by atoms with Gasteiger partial charge in [-0.2, -0.15) is 5.10 Å². The summed E-state index contributed by atoms with van der Waals surface area (Å²) in [5.41, 5.74) is 3.93. The van der Waals surface area contributed by atoms with E-state index in [2.05, 4.69) is 23.0 Å². The van der Waals surface area contributed by atoms with E-state index < -0.39 is 11.6 Å². The molecule has 7 nitrogen and oxygen atoms in total. The standard InChI is InChI=1S/C33H35F2N5O2/c1-5-9-31(36-21(3)4)38-32-17-23(22-12-14-41-15-13-22)16-29(37-32)33-25-10-7-8-11-30(25)40(39-33)20-26-27(34)18-24(42-6-2)19-28(26)35/h5,7-11,16-19,22H,1,6,12-15,20H2,2-4H3,(H,37,38)/b31-9+. The van der Waals surface area contributed by atoms with Gasteiger partial charge in [-0.1, -0.05) is 30.9 Å². The van der Waals surface area contributed by atoms with Crippen molar-refractivity contribution < 1.29 is 18.3 Å². The van der Waals surface area contributed by atoms with Crippen molar-refractivity contribution in [3.05, 3.63) is 95.8 Å². The largest absolute Gasteiger partial charge is 0.494 e. The molecule has 0 bridgehead atoms. The van der Waals surface area contributed by atoms with Gasteiger partial charge < -0.3 is 14.8 Å². The fraction of sp³-hybridized carbons (Fsp3) is 0.303. The van der Waals surface area contributed by atoms with Crippen LogP contribution in [-0.2, 0) is 11.3 Å². The Hall–Kier alpha value is -4.37. The molecular formula is C33H35F2N5O2. The van der Waals surface area contributed by atoms with Gasteiger partial charge in [-0.15, -0.1) is 0 Å². The molecule has 3 heterocycles. The Morgan fingerprint density at radius 2 is 1.88 bits per heavy atom. The van der Waals surface area contributed by atoms with Crippen molar-refractivity contribution in [1.82, 2.24) is 14.8 Å². The van der Waals surface area contributed by atoms with Crippen molar-refractivity contribution in [2.24, 2.45) is 4.99 Å². The molecule has 0 saturated carbocycles. The molecule has 1 N–H and O–H groups in total. The molecule has 1 aliphatic rings. The number of aromatic nitrogens is 3. The zero-order chi connectivity index (χ0) is 29.6. The van der Waals surface area contributed by atoms with Gasteiger partial charge in [0, 0.05) is 42.0 Å². The van der Waals surface area contributed by atoms with Crippen LogP contribution in [0.5, 0.6) is 5.75 Å². The van der Waals surface area contributed by atoms with Crippen LogP contribution < -0.4 is 10.1 Å². The molecule has 0 aliphatic carbocycles. The van der Waals surface area contributed by atoms with Crippen LogP contribution in [-0.4, -0.2) is 40.3 Å². The minimum Gasteiger partial charge on any atom is -0.494 e. The van der Waals surface area contributed by atoms with Crippen LogP contribution in [0.1, 0.15) is 50.7 Å². The van der Waals surface area contributed by atoms with Gasteiger partial charge in [0.15, 0.2) is 0 Å². The van der Waals surface area contributed by atoms with E-state index in [1.54, 1.807) is 23.8 Å². The molecule has 9 heteroatoms. The van der Waals surface area contributed by atoms with Gasteiger partial charge in [0.1, 0.15) is 34.7 Å². The van der Waals surface area contributed by atoms with Gasteiger partial charge in [-0.25, -0.2) is 18.8 Å². The molecule has 0 spiro atoms. The number of allylic oxidation sites excluding steroid dienone is 2. The molecule has 1 aliphatic heterocycles. The number of nitrogens with zero attached hydrogens (tertiary/aromatic N) is 4. The van der Waals surface area contributed by atoms with E-state index in [0.717, 1.165) is 35.0 Å². The quantitative estimate of drug-likeness (QED) is 0.156. The van der Waals surface area contributed by atoms with Crippen LogP contribution in [0.15, 0.2) is 78.1 Å². The zero-order valence-corrected chi connectivity index (χ0v) is 24.2. The van der Waals surface area contributed by atoms with Crippen molar-refractivity contribution in [1.29, 1.82) is 0 Å². The Morgan fingerprint density at radius 1 is 1.14 bits per heavy atom. The summed E-state index contributed by atoms with van der Waals surface area (Å²) in [6, 6.07) is 14.2. The molecule has 1 fully saturated rings. The number of anilines is 1. The number of aliphatic imine (C=N–C) groups is 1. The fourth-order valence-electron chi connectivity index (χ4n) is 5.16. The van der Waals surface area contributed by atoms with Crippen LogP contribution in [0, 0.1) is 11.6 Å². The number of hydrogen-bond donors (Lipinski definition) is 1. The molecule has 0 radical (unpaired) electrons. The topological polar surface area (TPSA) is 73.6 Å². The first-order chi connectivity index (χ1) is 20.4. The van der Waals surface area contributed by atoms with Gasteiger partial charge in [0.05, 0.1) is 24.4 Å². The third kappa shape index (κ3) is 6.57. The molecule has 0 unspecified atom stereocenters. The van der Waals surface area contributed by atoms with E-state index in [9.17, 15) is 0 Å². The van der Waals surface area contributed by atoms with E-state index in [1.165, 1.54) is 12.1 Å². The monoisotopic (exact) mass is 571 g/mol. The van der Waals surface area contributed by atoms with Gasteiger partial charge in [0.2, 0.25) is 0 Å². The highest BCUT2D eigenvalue weighted by atomic mass is 19.1. The normalized spacial score (nSPS) is 14.2. The lowest BCUT2D eigenvalue weighted by molar-refractivity contribution is 0.0853. The third-order valence-electron chi connectivity index (χ3n) is 7.05. The second-order valence-corrected chi connectivity index (χ2v) is 10.4. The van der Waals surface area contributed by atoms with Crippen molar-refractivity contribution in [3.63, 3.8) is 0 Å². The summed E-state index contributed by atoms with van der Waals surface area (Å²) in [7, 11) is 0. The van der Waals surface area contributed by atoms with Crippen molar-refractivity contribution >= 4 is 22.4 Å². The van der Waals surface area contributed by atoms with Gasteiger partial charge in [-0.3, -0.25) is 4.68 Å². The first-order valence-electron chi connectivity index (χ1n) is 14.1. The first kappa shape index (κ1) is 29.1. The number of fused-ring (bicyclic) bond motifs is 1. The Morgan fingerprint density at radius 3 is 2.57 bits per heavy atom.